The average molecular weight is 1590 g/mol. The summed E-state index contributed by atoms with van der Waals surface area (Å²) in [5.41, 5.74) is 18.5. The molecule has 4 amide bonds. The number of nitrogens with one attached hydrogen (secondary N) is 2. The molecule has 2 atom stereocenters. The van der Waals surface area contributed by atoms with Crippen LogP contribution in [0.25, 0.3) is 0 Å². The van der Waals surface area contributed by atoms with Gasteiger partial charge in [-0.05, 0) is 247 Å². The quantitative estimate of drug-likeness (QED) is 0.0143. The zero-order chi connectivity index (χ0) is 78.3. The van der Waals surface area contributed by atoms with Gasteiger partial charge in [0.25, 0.3) is 10.1 Å². The van der Waals surface area contributed by atoms with E-state index in [0.29, 0.717) is 69.7 Å². The fourth-order valence-electron chi connectivity index (χ4n) is 14.2. The Morgan fingerprint density at radius 2 is 1.01 bits per heavy atom. The first-order valence-corrected chi connectivity index (χ1v) is 41.7. The van der Waals surface area contributed by atoms with Gasteiger partial charge in [0, 0.05) is 119 Å². The van der Waals surface area contributed by atoms with Crippen LogP contribution in [0, 0.1) is 18.6 Å². The molecule has 110 heavy (non-hydrogen) atoms. The van der Waals surface area contributed by atoms with E-state index in [1.54, 1.807) is 47.4 Å². The van der Waals surface area contributed by atoms with E-state index in [2.05, 4.69) is 55.7 Å². The summed E-state index contributed by atoms with van der Waals surface area (Å²) in [5.74, 6) is 1.26. The highest BCUT2D eigenvalue weighted by atomic mass is 79.9. The van der Waals surface area contributed by atoms with E-state index in [4.69, 9.17) is 25.2 Å². The van der Waals surface area contributed by atoms with E-state index in [1.807, 2.05) is 132 Å². The van der Waals surface area contributed by atoms with Gasteiger partial charge in [-0.2, -0.15) is 8.42 Å². The molecule has 0 spiro atoms. The highest BCUT2D eigenvalue weighted by Crippen LogP contribution is 2.32. The molecule has 5 saturated heterocycles. The summed E-state index contributed by atoms with van der Waals surface area (Å²) in [4.78, 5) is 56.3. The van der Waals surface area contributed by atoms with Gasteiger partial charge in [0.2, 0.25) is 23.6 Å². The first-order chi connectivity index (χ1) is 53.5. The van der Waals surface area contributed by atoms with Crippen molar-refractivity contribution in [2.45, 2.75) is 158 Å². The summed E-state index contributed by atoms with van der Waals surface area (Å²) in [6, 6.07) is 59.5. The summed E-state index contributed by atoms with van der Waals surface area (Å²) >= 11 is 3.34. The number of alkyl halides is 1. The molecule has 0 radical (unpaired) electrons. The number of unbranched alkanes of at least 4 members (excludes halogenated alkanes) is 1. The lowest BCUT2D eigenvalue weighted by atomic mass is 9.90. The monoisotopic (exact) mass is 1590 g/mol. The van der Waals surface area contributed by atoms with Gasteiger partial charge in [-0.3, -0.25) is 23.4 Å². The van der Waals surface area contributed by atoms with Crippen molar-refractivity contribution in [1.82, 2.24) is 10.2 Å². The number of piperidine rings is 5. The molecule has 0 saturated carbocycles. The lowest BCUT2D eigenvalue weighted by Crippen LogP contribution is -2.37. The zero-order valence-corrected chi connectivity index (χ0v) is 66.2. The Hall–Kier alpha value is -8.51. The van der Waals surface area contributed by atoms with Gasteiger partial charge in [0.15, 0.2) is 0 Å². The smallest absolute Gasteiger partial charge is 0.296 e. The van der Waals surface area contributed by atoms with E-state index in [0.717, 1.165) is 189 Å². The standard InChI is InChI=1S/C24H29FN2O.C20H23NO4S.C13H18BrNO2.C13H17NO2.C11H14FN.C8H11NO/c25-22-10-5-8-20(17-22)21-9-6-14-26(18-21)16-13-19-7-1-2-11-23(19)27-15-4-3-12-24(27)28;1-16-9-11-18(12-10-16)26(23,24)25-15-13-17-6-2-3-7-19(17)21-14-5-4-8-20(21)22;14-9-4-3-7-13(17)15-12-6-2-1-5-11(12)8-10-16;15-10-8-11-5-1-2-6-12(11)14-9-4-3-7-13(14)16;12-11-5-1-3-9(7-11)10-4-2-6-13-8-10;9-8-4-2-1-3-7(8)5-6-10/h1-2,5,7-8,10-11,17,21H,3-4,6,9,12-16,18H2;2-3,6-7,9-12H,4-5,8,13-15H2,1H3;1-2,5-6,16H,3-4,7-10H2,(H,15,17);1-2,5-6,15H,3-4,7-10H2;1,3,5,7,10,13H,2,4,6,8H2;1-4,10H,5-6,9H2. The number of halogens is 3. The van der Waals surface area contributed by atoms with E-state index < -0.39 is 10.1 Å². The minimum Gasteiger partial charge on any atom is -0.399 e. The lowest BCUT2D eigenvalue weighted by molar-refractivity contribution is -0.120. The molecule has 0 aromatic heterocycles. The number of benzene rings is 8. The number of para-hydroxylation sites is 5. The molecule has 13 rings (SSSR count). The number of likely N-dealkylation sites (tertiary alicyclic amines) is 1. The molecule has 21 heteroatoms. The van der Waals surface area contributed by atoms with Crippen molar-refractivity contribution in [2.75, 3.05) is 110 Å². The molecule has 7 N–H and O–H groups in total. The van der Waals surface area contributed by atoms with E-state index in [9.17, 15) is 36.4 Å². The Morgan fingerprint density at radius 3 is 1.52 bits per heavy atom. The summed E-state index contributed by atoms with van der Waals surface area (Å²) in [6.07, 6.45) is 18.2. The van der Waals surface area contributed by atoms with Crippen molar-refractivity contribution in [3.63, 3.8) is 0 Å². The van der Waals surface area contributed by atoms with Crippen LogP contribution in [0.4, 0.5) is 37.2 Å². The van der Waals surface area contributed by atoms with Crippen molar-refractivity contribution in [3.8, 4) is 0 Å². The molecule has 5 aliphatic rings. The lowest BCUT2D eigenvalue weighted by Gasteiger charge is -2.34. The number of hydrogen-bond acceptors (Lipinski definition) is 13. The van der Waals surface area contributed by atoms with Gasteiger partial charge < -0.3 is 51.3 Å². The second kappa shape index (κ2) is 47.6. The minimum absolute atomic E-state index is 0.0370. The first kappa shape index (κ1) is 87.1. The number of rotatable bonds is 24. The zero-order valence-electron chi connectivity index (χ0n) is 63.8. The maximum absolute atomic E-state index is 13.6. The number of nitrogens with zero attached hydrogens (tertiary/aromatic N) is 4. The molecular weight excluding hydrogens is 1480 g/mol. The van der Waals surface area contributed by atoms with Gasteiger partial charge >= 0.3 is 0 Å². The van der Waals surface area contributed by atoms with E-state index in [1.165, 1.54) is 30.5 Å². The molecule has 590 valence electrons. The van der Waals surface area contributed by atoms with E-state index in [-0.39, 0.29) is 66.6 Å². The minimum atomic E-state index is -3.78. The number of anilines is 5. The van der Waals surface area contributed by atoms with Gasteiger partial charge in [0.05, 0.1) is 11.5 Å². The van der Waals surface area contributed by atoms with Crippen molar-refractivity contribution in [3.05, 3.63) is 250 Å². The Labute approximate surface area is 658 Å². The number of nitrogens with two attached hydrogens (primary N) is 1. The van der Waals surface area contributed by atoms with Crippen LogP contribution in [0.3, 0.4) is 0 Å². The van der Waals surface area contributed by atoms with Crippen LogP contribution in [-0.2, 0) is 65.6 Å². The third-order valence-corrected chi connectivity index (χ3v) is 22.0. The molecule has 0 bridgehead atoms. The van der Waals surface area contributed by atoms with Gasteiger partial charge in [-0.25, -0.2) is 8.78 Å². The number of amides is 4. The van der Waals surface area contributed by atoms with Gasteiger partial charge in [-0.15, -0.1) is 0 Å². The fourth-order valence-corrected chi connectivity index (χ4v) is 15.5. The largest absolute Gasteiger partial charge is 0.399 e. The number of aliphatic hydroxyl groups is 3. The molecule has 5 aliphatic heterocycles. The van der Waals surface area contributed by atoms with Crippen LogP contribution in [0.15, 0.2) is 199 Å². The molecule has 0 aliphatic carbocycles. The molecule has 8 aromatic carbocycles. The molecule has 5 heterocycles. The van der Waals surface area contributed by atoms with Gasteiger partial charge in [0.1, 0.15) is 11.6 Å². The second-order valence-corrected chi connectivity index (χ2v) is 30.7. The van der Waals surface area contributed by atoms with Crippen LogP contribution in [0.1, 0.15) is 159 Å². The Balaban J connectivity index is 0.000000172. The Morgan fingerprint density at radius 1 is 0.536 bits per heavy atom. The molecule has 2 unspecified atom stereocenters. The predicted octanol–water partition coefficient (Wildman–Crippen LogP) is 15.8. The van der Waals surface area contributed by atoms with Crippen LogP contribution >= 0.6 is 15.9 Å². The predicted molar refractivity (Wildman–Crippen MR) is 442 cm³/mol. The SMILES string of the molecule is Cc1ccc(S(=O)(=O)OCCc2ccccc2N2CCCCC2=O)cc1.Fc1cccc(C2CCCNC2)c1.Nc1ccccc1CCO.O=C(CCCCBr)Nc1ccccc1CCO.O=C1CCCCN1c1ccccc1CCN1CCCC(c2cccc(F)c2)C1.O=C1CCCCN1c1ccccc1CCO. The highest BCUT2D eigenvalue weighted by molar-refractivity contribution is 9.09. The Kier molecular flexibility index (Phi) is 37.7. The third-order valence-electron chi connectivity index (χ3n) is 20.2. The third kappa shape index (κ3) is 28.7. The van der Waals surface area contributed by atoms with Crippen LogP contribution in [-0.4, -0.2) is 136 Å². The number of carbonyl (C=O) groups excluding carboxylic acids is 4. The topological polar surface area (TPSA) is 235 Å². The highest BCUT2D eigenvalue weighted by Gasteiger charge is 2.27. The second-order valence-electron chi connectivity index (χ2n) is 28.2. The summed E-state index contributed by atoms with van der Waals surface area (Å²) in [6.45, 7) is 9.81. The fraction of sp³-hybridized carbons (Fsp3) is 0.416. The van der Waals surface area contributed by atoms with Crippen molar-refractivity contribution < 1.29 is 55.9 Å². The molecule has 17 nitrogen and oxygen atoms in total. The molecule has 5 fully saturated rings. The van der Waals surface area contributed by atoms with Crippen molar-refractivity contribution >= 4 is 78.1 Å². The van der Waals surface area contributed by atoms with E-state index >= 15 is 0 Å². The maximum atomic E-state index is 13.6. The van der Waals surface area contributed by atoms with Gasteiger partial charge in [-0.1, -0.05) is 149 Å². The number of aryl methyl sites for hydroxylation is 1. The van der Waals surface area contributed by atoms with Crippen LogP contribution in [0.2, 0.25) is 0 Å². The molecule has 8 aromatic rings. The normalized spacial score (nSPS) is 16.6. The first-order valence-electron chi connectivity index (χ1n) is 39.1. The summed E-state index contributed by atoms with van der Waals surface area (Å²) in [7, 11) is -3.78. The number of hydrogen-bond donors (Lipinski definition) is 6. The van der Waals surface area contributed by atoms with Crippen molar-refractivity contribution in [2.24, 2.45) is 0 Å². The summed E-state index contributed by atoms with van der Waals surface area (Å²) < 4.78 is 56.3. The maximum Gasteiger partial charge on any atom is 0.296 e. The number of aliphatic hydroxyl groups excluding tert-OH is 3. The number of carbonyl (C=O) groups is 4. The van der Waals surface area contributed by atoms with Crippen LogP contribution < -0.4 is 31.1 Å². The number of nitrogen functional groups attached to an aromatic ring is 1. The molecular formula is C89H112BrF2N7O10S. The van der Waals surface area contributed by atoms with Crippen molar-refractivity contribution in [1.29, 1.82) is 0 Å². The van der Waals surface area contributed by atoms with Crippen LogP contribution in [0.5, 0.6) is 0 Å². The Bertz CT molecular complexity index is 4240. The average Bonchev–Trinajstić information content (AvgIpc) is 0.838. The summed E-state index contributed by atoms with van der Waals surface area (Å²) in [5, 5.41) is 33.7.